The van der Waals surface area contributed by atoms with Crippen LogP contribution in [0.4, 0.5) is 0 Å². The highest BCUT2D eigenvalue weighted by Crippen LogP contribution is 2.34. The quantitative estimate of drug-likeness (QED) is 0.789. The van der Waals surface area contributed by atoms with E-state index in [1.165, 1.54) is 7.11 Å². The lowest BCUT2D eigenvalue weighted by molar-refractivity contribution is -0.140. The Hall–Kier alpha value is -2.36. The van der Waals surface area contributed by atoms with Crippen LogP contribution in [0, 0.1) is 6.92 Å². The molecule has 2 aromatic rings. The maximum absolute atomic E-state index is 11.4. The van der Waals surface area contributed by atoms with E-state index in [1.54, 1.807) is 13.3 Å². The van der Waals surface area contributed by atoms with Crippen molar-refractivity contribution in [2.45, 2.75) is 26.2 Å². The van der Waals surface area contributed by atoms with Crippen molar-refractivity contribution < 1.29 is 14.3 Å². The van der Waals surface area contributed by atoms with Gasteiger partial charge in [0.1, 0.15) is 5.75 Å². The molecular weight excluding hydrogens is 278 g/mol. The van der Waals surface area contributed by atoms with Crippen LogP contribution in [0.15, 0.2) is 36.7 Å². The van der Waals surface area contributed by atoms with Crippen LogP contribution in [0.2, 0.25) is 0 Å². The summed E-state index contributed by atoms with van der Waals surface area (Å²) in [5.74, 6) is 0.654. The fourth-order valence-electron chi connectivity index (χ4n) is 2.50. The molecule has 0 aliphatic carbocycles. The minimum atomic E-state index is -0.216. The zero-order valence-electron chi connectivity index (χ0n) is 13.4. The van der Waals surface area contributed by atoms with E-state index in [1.807, 2.05) is 38.2 Å². The molecule has 0 saturated heterocycles. The monoisotopic (exact) mass is 299 g/mol. The second kappa shape index (κ2) is 7.07. The molecule has 0 unspecified atom stereocenters. The van der Waals surface area contributed by atoms with Crippen LogP contribution in [-0.4, -0.2) is 25.2 Å². The summed E-state index contributed by atoms with van der Waals surface area (Å²) in [6.45, 7) is 4.04. The molecule has 0 N–H and O–H groups in total. The van der Waals surface area contributed by atoms with Gasteiger partial charge in [-0.1, -0.05) is 19.1 Å². The number of hydrogen-bond donors (Lipinski definition) is 0. The van der Waals surface area contributed by atoms with E-state index >= 15 is 0 Å². The third-order valence-corrected chi connectivity index (χ3v) is 3.77. The summed E-state index contributed by atoms with van der Waals surface area (Å²) >= 11 is 0. The molecule has 4 heteroatoms. The maximum Gasteiger partial charge on any atom is 0.306 e. The molecule has 0 amide bonds. The van der Waals surface area contributed by atoms with Gasteiger partial charge in [-0.3, -0.25) is 9.78 Å². The highest BCUT2D eigenvalue weighted by atomic mass is 16.5. The summed E-state index contributed by atoms with van der Waals surface area (Å²) in [7, 11) is 3.07. The fraction of sp³-hybridized carbons (Fsp3) is 0.333. The third kappa shape index (κ3) is 3.45. The topological polar surface area (TPSA) is 48.4 Å². The molecule has 0 aliphatic heterocycles. The summed E-state index contributed by atoms with van der Waals surface area (Å²) in [5, 5.41) is 0. The average molecular weight is 299 g/mol. The average Bonchev–Trinajstić information content (AvgIpc) is 2.54. The van der Waals surface area contributed by atoms with Crippen molar-refractivity contribution in [3.05, 3.63) is 47.8 Å². The van der Waals surface area contributed by atoms with E-state index in [-0.39, 0.29) is 11.9 Å². The minimum Gasteiger partial charge on any atom is -0.496 e. The highest BCUT2D eigenvalue weighted by molar-refractivity contribution is 5.74. The van der Waals surface area contributed by atoms with Gasteiger partial charge < -0.3 is 9.47 Å². The van der Waals surface area contributed by atoms with Crippen LogP contribution in [0.5, 0.6) is 5.75 Å². The summed E-state index contributed by atoms with van der Waals surface area (Å²) in [5.41, 5.74) is 4.15. The van der Waals surface area contributed by atoms with E-state index in [4.69, 9.17) is 9.47 Å². The number of pyridine rings is 1. The van der Waals surface area contributed by atoms with Crippen LogP contribution in [-0.2, 0) is 9.53 Å². The Morgan fingerprint density at radius 3 is 2.73 bits per heavy atom. The standard InChI is InChI=1S/C18H21NO3/c1-12-6-5-7-16(21-3)18(12)15-9-14(10-19-11-15)13(2)8-17(20)22-4/h5-7,9-11,13H,8H2,1-4H3/t13-/m0/s1. The van der Waals surface area contributed by atoms with E-state index in [0.29, 0.717) is 6.42 Å². The van der Waals surface area contributed by atoms with Crippen LogP contribution in [0.25, 0.3) is 11.1 Å². The summed E-state index contributed by atoms with van der Waals surface area (Å²) in [6.07, 6.45) is 3.95. The molecule has 0 spiro atoms. The number of nitrogens with zero attached hydrogens (tertiary/aromatic N) is 1. The summed E-state index contributed by atoms with van der Waals surface area (Å²) < 4.78 is 10.2. The normalized spacial score (nSPS) is 11.8. The van der Waals surface area contributed by atoms with Gasteiger partial charge in [0, 0.05) is 23.5 Å². The largest absolute Gasteiger partial charge is 0.496 e. The van der Waals surface area contributed by atoms with E-state index < -0.39 is 0 Å². The van der Waals surface area contributed by atoms with Gasteiger partial charge >= 0.3 is 5.97 Å². The van der Waals surface area contributed by atoms with Gasteiger partial charge in [-0.2, -0.15) is 0 Å². The number of aryl methyl sites for hydroxylation is 1. The Kier molecular flexibility index (Phi) is 5.15. The number of carbonyl (C=O) groups excluding carboxylic acids is 1. The molecule has 0 aliphatic rings. The molecular formula is C18H21NO3. The van der Waals surface area contributed by atoms with Gasteiger partial charge in [0.2, 0.25) is 0 Å². The second-order valence-corrected chi connectivity index (χ2v) is 5.34. The smallest absolute Gasteiger partial charge is 0.306 e. The Balaban J connectivity index is 2.39. The number of esters is 1. The second-order valence-electron chi connectivity index (χ2n) is 5.34. The number of methoxy groups -OCH3 is 2. The molecule has 1 atom stereocenters. The van der Waals surface area contributed by atoms with Crippen molar-refractivity contribution >= 4 is 5.97 Å². The molecule has 0 radical (unpaired) electrons. The molecule has 1 heterocycles. The van der Waals surface area contributed by atoms with E-state index in [2.05, 4.69) is 11.1 Å². The number of benzene rings is 1. The molecule has 0 bridgehead atoms. The predicted molar refractivity (Wildman–Crippen MR) is 86.0 cm³/mol. The van der Waals surface area contributed by atoms with Crippen molar-refractivity contribution in [1.29, 1.82) is 0 Å². The van der Waals surface area contributed by atoms with Crippen molar-refractivity contribution in [2.24, 2.45) is 0 Å². The number of rotatable bonds is 5. The number of ether oxygens (including phenoxy) is 2. The molecule has 1 aromatic heterocycles. The Labute approximate surface area is 131 Å². The molecule has 116 valence electrons. The lowest BCUT2D eigenvalue weighted by Gasteiger charge is -2.14. The first kappa shape index (κ1) is 16.0. The van der Waals surface area contributed by atoms with Gasteiger partial charge in [-0.15, -0.1) is 0 Å². The molecule has 1 aromatic carbocycles. The van der Waals surface area contributed by atoms with Crippen molar-refractivity contribution in [2.75, 3.05) is 14.2 Å². The van der Waals surface area contributed by atoms with Crippen LogP contribution in [0.1, 0.15) is 30.4 Å². The molecule has 22 heavy (non-hydrogen) atoms. The van der Waals surface area contributed by atoms with Crippen LogP contribution >= 0.6 is 0 Å². The molecule has 0 fully saturated rings. The zero-order valence-corrected chi connectivity index (χ0v) is 13.4. The van der Waals surface area contributed by atoms with E-state index in [0.717, 1.165) is 28.0 Å². The van der Waals surface area contributed by atoms with Crippen LogP contribution in [0.3, 0.4) is 0 Å². The predicted octanol–water partition coefficient (Wildman–Crippen LogP) is 3.73. The highest BCUT2D eigenvalue weighted by Gasteiger charge is 2.15. The lowest BCUT2D eigenvalue weighted by atomic mass is 9.94. The fourth-order valence-corrected chi connectivity index (χ4v) is 2.50. The SMILES string of the molecule is COC(=O)C[C@H](C)c1cncc(-c2c(C)cccc2OC)c1. The Morgan fingerprint density at radius 2 is 2.05 bits per heavy atom. The first-order chi connectivity index (χ1) is 10.6. The molecule has 2 rings (SSSR count). The maximum atomic E-state index is 11.4. The van der Waals surface area contributed by atoms with Crippen LogP contribution < -0.4 is 4.74 Å². The van der Waals surface area contributed by atoms with Gasteiger partial charge in [0.15, 0.2) is 0 Å². The van der Waals surface area contributed by atoms with Gasteiger partial charge in [0.05, 0.1) is 20.6 Å². The third-order valence-electron chi connectivity index (χ3n) is 3.77. The molecule has 4 nitrogen and oxygen atoms in total. The van der Waals surface area contributed by atoms with Gasteiger partial charge in [0.25, 0.3) is 0 Å². The van der Waals surface area contributed by atoms with Crippen molar-refractivity contribution in [1.82, 2.24) is 4.98 Å². The first-order valence-corrected chi connectivity index (χ1v) is 7.22. The Bertz CT molecular complexity index is 667. The Morgan fingerprint density at radius 1 is 1.27 bits per heavy atom. The number of hydrogen-bond acceptors (Lipinski definition) is 4. The van der Waals surface area contributed by atoms with E-state index in [9.17, 15) is 4.79 Å². The number of carbonyl (C=O) groups is 1. The van der Waals surface area contributed by atoms with Gasteiger partial charge in [-0.05, 0) is 36.1 Å². The summed E-state index contributed by atoms with van der Waals surface area (Å²) in [6, 6.07) is 8.01. The number of aromatic nitrogens is 1. The first-order valence-electron chi connectivity index (χ1n) is 7.22. The summed E-state index contributed by atoms with van der Waals surface area (Å²) in [4.78, 5) is 15.8. The molecule has 0 saturated carbocycles. The lowest BCUT2D eigenvalue weighted by Crippen LogP contribution is -2.06. The van der Waals surface area contributed by atoms with Crippen molar-refractivity contribution in [3.63, 3.8) is 0 Å². The zero-order chi connectivity index (χ0) is 16.1. The minimum absolute atomic E-state index is 0.0508. The van der Waals surface area contributed by atoms with Crippen molar-refractivity contribution in [3.8, 4) is 16.9 Å². The van der Waals surface area contributed by atoms with Gasteiger partial charge in [-0.25, -0.2) is 0 Å².